The predicted molar refractivity (Wildman–Crippen MR) is 83.8 cm³/mol. The Labute approximate surface area is 130 Å². The molecule has 2 rings (SSSR count). The van der Waals surface area contributed by atoms with E-state index in [9.17, 15) is 25.3 Å². The van der Waals surface area contributed by atoms with Crippen LogP contribution in [-0.4, -0.2) is 21.2 Å². The Bertz CT molecular complexity index is 804. The van der Waals surface area contributed by atoms with E-state index in [2.05, 4.69) is 10.5 Å². The van der Waals surface area contributed by atoms with Crippen molar-refractivity contribution >= 4 is 23.3 Å². The summed E-state index contributed by atoms with van der Waals surface area (Å²) in [5, 5.41) is 35.4. The molecule has 0 bridgehead atoms. The van der Waals surface area contributed by atoms with Gasteiger partial charge in [-0.15, -0.1) is 0 Å². The van der Waals surface area contributed by atoms with E-state index in [0.717, 1.165) is 17.8 Å². The number of benzene rings is 2. The highest BCUT2D eigenvalue weighted by atomic mass is 16.6. The van der Waals surface area contributed by atoms with Gasteiger partial charge in [-0.1, -0.05) is 18.2 Å². The number of hydrogen-bond acceptors (Lipinski definition) is 7. The van der Waals surface area contributed by atoms with Crippen molar-refractivity contribution in [2.45, 2.75) is 6.92 Å². The minimum Gasteiger partial charge on any atom is -0.502 e. The van der Waals surface area contributed by atoms with Gasteiger partial charge in [0.25, 0.3) is 5.69 Å². The number of phenolic OH excluding ortho intramolecular Hbond substituents is 1. The molecule has 2 aromatic rings. The van der Waals surface area contributed by atoms with E-state index in [-0.39, 0.29) is 5.56 Å². The van der Waals surface area contributed by atoms with E-state index < -0.39 is 27.0 Å². The molecule has 2 N–H and O–H groups in total. The van der Waals surface area contributed by atoms with Crippen molar-refractivity contribution in [3.63, 3.8) is 0 Å². The first-order chi connectivity index (χ1) is 10.9. The number of nitrogens with zero attached hydrogens (tertiary/aromatic N) is 3. The highest BCUT2D eigenvalue weighted by Crippen LogP contribution is 2.33. The zero-order chi connectivity index (χ0) is 17.0. The molecule has 0 amide bonds. The van der Waals surface area contributed by atoms with Crippen LogP contribution >= 0.6 is 0 Å². The van der Waals surface area contributed by atoms with E-state index in [1.807, 2.05) is 19.1 Å². The molecule has 9 heteroatoms. The Balaban J connectivity index is 2.35. The average Bonchev–Trinajstić information content (AvgIpc) is 2.50. The lowest BCUT2D eigenvalue weighted by Gasteiger charge is -2.04. The number of nitrogens with one attached hydrogen (secondary N) is 1. The number of non-ortho nitro benzene ring substituents is 1. The second-order valence-electron chi connectivity index (χ2n) is 4.60. The van der Waals surface area contributed by atoms with E-state index in [1.54, 1.807) is 12.1 Å². The van der Waals surface area contributed by atoms with Crippen LogP contribution in [0.25, 0.3) is 0 Å². The summed E-state index contributed by atoms with van der Waals surface area (Å²) in [6.45, 7) is 1.85. The SMILES string of the molecule is Cc1ccccc1N/N=C/c1cc([N+](=O)[O-])cc([N+](=O)[O-])c1O. The number of anilines is 1. The van der Waals surface area contributed by atoms with Crippen molar-refractivity contribution < 1.29 is 15.0 Å². The zero-order valence-corrected chi connectivity index (χ0v) is 12.0. The summed E-state index contributed by atoms with van der Waals surface area (Å²) in [7, 11) is 0. The Morgan fingerprint density at radius 1 is 1.17 bits per heavy atom. The van der Waals surface area contributed by atoms with Crippen molar-refractivity contribution in [3.8, 4) is 5.75 Å². The lowest BCUT2D eigenvalue weighted by Crippen LogP contribution is -1.98. The summed E-state index contributed by atoms with van der Waals surface area (Å²) in [6.07, 6.45) is 1.09. The van der Waals surface area contributed by atoms with Crippen LogP contribution in [0.1, 0.15) is 11.1 Å². The molecular weight excluding hydrogens is 304 g/mol. The number of para-hydroxylation sites is 1. The molecule has 2 aromatic carbocycles. The largest absolute Gasteiger partial charge is 0.502 e. The first kappa shape index (κ1) is 15.9. The van der Waals surface area contributed by atoms with Gasteiger partial charge in [0, 0.05) is 6.07 Å². The van der Waals surface area contributed by atoms with Gasteiger partial charge in [0.2, 0.25) is 5.75 Å². The molecule has 0 radical (unpaired) electrons. The minimum atomic E-state index is -0.894. The van der Waals surface area contributed by atoms with E-state index in [4.69, 9.17) is 0 Å². The molecule has 0 saturated carbocycles. The van der Waals surface area contributed by atoms with Crippen molar-refractivity contribution in [3.05, 3.63) is 67.8 Å². The number of phenols is 1. The zero-order valence-electron chi connectivity index (χ0n) is 12.0. The second-order valence-corrected chi connectivity index (χ2v) is 4.60. The summed E-state index contributed by atoms with van der Waals surface area (Å²) >= 11 is 0. The fourth-order valence-electron chi connectivity index (χ4n) is 1.84. The molecule has 0 saturated heterocycles. The van der Waals surface area contributed by atoms with Gasteiger partial charge in [0.15, 0.2) is 0 Å². The number of nitro groups is 2. The lowest BCUT2D eigenvalue weighted by atomic mass is 10.1. The molecule has 0 atom stereocenters. The number of nitro benzene ring substituents is 2. The Morgan fingerprint density at radius 3 is 2.48 bits per heavy atom. The Morgan fingerprint density at radius 2 is 1.87 bits per heavy atom. The average molecular weight is 316 g/mol. The summed E-state index contributed by atoms with van der Waals surface area (Å²) < 4.78 is 0. The van der Waals surface area contributed by atoms with Gasteiger partial charge in [0.1, 0.15) is 0 Å². The maximum absolute atomic E-state index is 10.9. The molecular formula is C14H12N4O5. The van der Waals surface area contributed by atoms with Gasteiger partial charge >= 0.3 is 5.69 Å². The number of hydrazone groups is 1. The molecule has 0 aliphatic rings. The molecule has 0 spiro atoms. The number of hydrogen-bond donors (Lipinski definition) is 2. The summed E-state index contributed by atoms with van der Waals surface area (Å²) in [5.74, 6) is -0.684. The Hall–Kier alpha value is -3.49. The molecule has 0 heterocycles. The van der Waals surface area contributed by atoms with Crippen LogP contribution in [0.15, 0.2) is 41.5 Å². The van der Waals surface area contributed by atoms with Crippen LogP contribution in [-0.2, 0) is 0 Å². The van der Waals surface area contributed by atoms with Gasteiger partial charge in [-0.25, -0.2) is 0 Å². The summed E-state index contributed by atoms with van der Waals surface area (Å²) in [6, 6.07) is 8.96. The molecule has 0 aliphatic carbocycles. The normalized spacial score (nSPS) is 10.7. The standard InChI is InChI=1S/C14H12N4O5/c1-9-4-2-3-5-12(9)16-15-8-10-6-11(17(20)21)7-13(14(10)19)18(22)23/h2-8,16,19H,1H3/b15-8+. The summed E-state index contributed by atoms with van der Waals surface area (Å²) in [4.78, 5) is 20.0. The maximum atomic E-state index is 10.9. The predicted octanol–water partition coefficient (Wildman–Crippen LogP) is 2.96. The van der Waals surface area contributed by atoms with E-state index in [0.29, 0.717) is 11.8 Å². The van der Waals surface area contributed by atoms with Gasteiger partial charge in [-0.3, -0.25) is 25.7 Å². The van der Waals surface area contributed by atoms with Crippen LogP contribution in [0, 0.1) is 27.2 Å². The highest BCUT2D eigenvalue weighted by Gasteiger charge is 2.22. The fraction of sp³-hybridized carbons (Fsp3) is 0.0714. The quantitative estimate of drug-likeness (QED) is 0.495. The van der Waals surface area contributed by atoms with Gasteiger partial charge in [-0.05, 0) is 18.6 Å². The van der Waals surface area contributed by atoms with E-state index >= 15 is 0 Å². The molecule has 9 nitrogen and oxygen atoms in total. The van der Waals surface area contributed by atoms with Crippen LogP contribution in [0.5, 0.6) is 5.75 Å². The topological polar surface area (TPSA) is 131 Å². The van der Waals surface area contributed by atoms with Crippen molar-refractivity contribution in [2.75, 3.05) is 5.43 Å². The smallest absolute Gasteiger partial charge is 0.318 e. The lowest BCUT2D eigenvalue weighted by molar-refractivity contribution is -0.394. The summed E-state index contributed by atoms with van der Waals surface area (Å²) in [5.41, 5.74) is 2.92. The van der Waals surface area contributed by atoms with Crippen LogP contribution in [0.4, 0.5) is 17.1 Å². The van der Waals surface area contributed by atoms with Crippen molar-refractivity contribution in [1.29, 1.82) is 0 Å². The van der Waals surface area contributed by atoms with Gasteiger partial charge < -0.3 is 5.11 Å². The van der Waals surface area contributed by atoms with E-state index in [1.165, 1.54) is 0 Å². The van der Waals surface area contributed by atoms with Crippen LogP contribution in [0.2, 0.25) is 0 Å². The third kappa shape index (κ3) is 3.59. The molecule has 0 aromatic heterocycles. The number of aryl methyl sites for hydroxylation is 1. The molecule has 0 unspecified atom stereocenters. The van der Waals surface area contributed by atoms with Gasteiger partial charge in [-0.2, -0.15) is 5.10 Å². The maximum Gasteiger partial charge on any atom is 0.318 e. The highest BCUT2D eigenvalue weighted by molar-refractivity contribution is 5.87. The number of rotatable bonds is 5. The molecule has 23 heavy (non-hydrogen) atoms. The van der Waals surface area contributed by atoms with Crippen LogP contribution in [0.3, 0.4) is 0 Å². The molecule has 0 fully saturated rings. The molecule has 118 valence electrons. The van der Waals surface area contributed by atoms with Gasteiger partial charge in [0.05, 0.1) is 33.4 Å². The second kappa shape index (κ2) is 6.52. The van der Waals surface area contributed by atoms with Crippen molar-refractivity contribution in [1.82, 2.24) is 0 Å². The number of aromatic hydroxyl groups is 1. The third-order valence-corrected chi connectivity index (χ3v) is 3.05. The Kier molecular flexibility index (Phi) is 4.50. The monoisotopic (exact) mass is 316 g/mol. The first-order valence-electron chi connectivity index (χ1n) is 6.40. The first-order valence-corrected chi connectivity index (χ1v) is 6.40. The molecule has 0 aliphatic heterocycles. The third-order valence-electron chi connectivity index (χ3n) is 3.05. The fourth-order valence-corrected chi connectivity index (χ4v) is 1.84. The minimum absolute atomic E-state index is 0.132. The van der Waals surface area contributed by atoms with Crippen LogP contribution < -0.4 is 5.43 Å². The van der Waals surface area contributed by atoms with Crippen molar-refractivity contribution in [2.24, 2.45) is 5.10 Å².